The minimum atomic E-state index is 0.742. The van der Waals surface area contributed by atoms with Gasteiger partial charge in [0.05, 0.1) is 0 Å². The number of rotatable bonds is 5. The summed E-state index contributed by atoms with van der Waals surface area (Å²) in [4.78, 5) is 6.39. The lowest BCUT2D eigenvalue weighted by molar-refractivity contribution is 0.367. The Morgan fingerprint density at radius 3 is 3.00 bits per heavy atom. The maximum absolute atomic E-state index is 5.63. The molecule has 0 fully saturated rings. The zero-order valence-electron chi connectivity index (χ0n) is 8.83. The van der Waals surface area contributed by atoms with Gasteiger partial charge in [0.1, 0.15) is 5.82 Å². The van der Waals surface area contributed by atoms with Crippen LogP contribution in [0.4, 0.5) is 11.5 Å². The van der Waals surface area contributed by atoms with E-state index in [0.29, 0.717) is 0 Å². The number of hydrogen-bond donors (Lipinski definition) is 2. The zero-order valence-corrected chi connectivity index (χ0v) is 8.83. The lowest BCUT2D eigenvalue weighted by Gasteiger charge is -2.14. The summed E-state index contributed by atoms with van der Waals surface area (Å²) in [6.07, 6.45) is 1.71. The lowest BCUT2D eigenvalue weighted by Crippen LogP contribution is -2.24. The quantitative estimate of drug-likeness (QED) is 0.735. The Bertz CT molecular complexity index is 275. The van der Waals surface area contributed by atoms with Gasteiger partial charge in [-0.05, 0) is 19.7 Å². The fourth-order valence-electron chi connectivity index (χ4n) is 1.08. The number of hydrogen-bond acceptors (Lipinski definition) is 4. The predicted molar refractivity (Wildman–Crippen MR) is 60.3 cm³/mol. The summed E-state index contributed by atoms with van der Waals surface area (Å²) >= 11 is 0. The molecule has 14 heavy (non-hydrogen) atoms. The van der Waals surface area contributed by atoms with Crippen LogP contribution in [0.25, 0.3) is 0 Å². The van der Waals surface area contributed by atoms with Gasteiger partial charge in [0.15, 0.2) is 0 Å². The van der Waals surface area contributed by atoms with Gasteiger partial charge < -0.3 is 16.0 Å². The molecule has 0 atom stereocenters. The molecule has 0 unspecified atom stereocenters. The number of pyridine rings is 1. The molecular formula is C10H18N4. The van der Waals surface area contributed by atoms with E-state index >= 15 is 0 Å². The van der Waals surface area contributed by atoms with Crippen molar-refractivity contribution in [1.82, 2.24) is 9.88 Å². The average molecular weight is 194 g/mol. The highest BCUT2D eigenvalue weighted by molar-refractivity contribution is 5.48. The average Bonchev–Trinajstić information content (AvgIpc) is 2.17. The van der Waals surface area contributed by atoms with E-state index in [9.17, 15) is 0 Å². The number of aromatic nitrogens is 1. The van der Waals surface area contributed by atoms with Crippen LogP contribution in [-0.2, 0) is 0 Å². The molecule has 3 N–H and O–H groups in total. The maximum atomic E-state index is 5.63. The standard InChI is InChI=1S/C10H18N4/c1-3-14(2)7-6-13-10-8-9(11)4-5-12-10/h4-5,8H,3,6-7H2,1-2H3,(H3,11,12,13). The maximum Gasteiger partial charge on any atom is 0.127 e. The van der Waals surface area contributed by atoms with Crippen molar-refractivity contribution in [2.75, 3.05) is 37.7 Å². The van der Waals surface area contributed by atoms with Gasteiger partial charge in [-0.25, -0.2) is 4.98 Å². The van der Waals surface area contributed by atoms with E-state index < -0.39 is 0 Å². The van der Waals surface area contributed by atoms with E-state index in [-0.39, 0.29) is 0 Å². The van der Waals surface area contributed by atoms with E-state index in [1.165, 1.54) is 0 Å². The van der Waals surface area contributed by atoms with Crippen LogP contribution in [0.5, 0.6) is 0 Å². The number of nitrogens with one attached hydrogen (secondary N) is 1. The van der Waals surface area contributed by atoms with E-state index in [4.69, 9.17) is 5.73 Å². The molecule has 1 heterocycles. The summed E-state index contributed by atoms with van der Waals surface area (Å²) in [6.45, 7) is 5.10. The zero-order chi connectivity index (χ0) is 10.4. The number of likely N-dealkylation sites (N-methyl/N-ethyl adjacent to an activating group) is 1. The Labute approximate surface area is 85.1 Å². The highest BCUT2D eigenvalue weighted by atomic mass is 15.1. The first kappa shape index (κ1) is 10.8. The number of nitrogen functional groups attached to an aromatic ring is 1. The summed E-state index contributed by atoms with van der Waals surface area (Å²) in [5.41, 5.74) is 6.37. The van der Waals surface area contributed by atoms with Crippen molar-refractivity contribution < 1.29 is 0 Å². The number of anilines is 2. The summed E-state index contributed by atoms with van der Waals surface area (Å²) in [5, 5.41) is 3.22. The molecule has 0 saturated heterocycles. The van der Waals surface area contributed by atoms with Gasteiger partial charge in [0.25, 0.3) is 0 Å². The lowest BCUT2D eigenvalue weighted by atomic mass is 10.4. The number of nitrogens with zero attached hydrogens (tertiary/aromatic N) is 2. The van der Waals surface area contributed by atoms with E-state index in [1.807, 2.05) is 6.07 Å². The van der Waals surface area contributed by atoms with Crippen LogP contribution in [0.1, 0.15) is 6.92 Å². The molecule has 0 aromatic carbocycles. The first-order valence-electron chi connectivity index (χ1n) is 4.86. The normalized spacial score (nSPS) is 10.5. The second-order valence-electron chi connectivity index (χ2n) is 3.30. The van der Waals surface area contributed by atoms with Crippen molar-refractivity contribution in [3.05, 3.63) is 18.3 Å². The SMILES string of the molecule is CCN(C)CCNc1cc(N)ccn1. The summed E-state index contributed by atoms with van der Waals surface area (Å²) in [6, 6.07) is 3.62. The molecule has 0 amide bonds. The van der Waals surface area contributed by atoms with E-state index in [0.717, 1.165) is 31.1 Å². The molecule has 0 spiro atoms. The molecule has 0 radical (unpaired) electrons. The van der Waals surface area contributed by atoms with Gasteiger partial charge >= 0.3 is 0 Å². The van der Waals surface area contributed by atoms with Crippen LogP contribution in [0.3, 0.4) is 0 Å². The van der Waals surface area contributed by atoms with Gasteiger partial charge in [-0.3, -0.25) is 0 Å². The van der Waals surface area contributed by atoms with Gasteiger partial charge in [-0.1, -0.05) is 6.92 Å². The molecule has 0 aliphatic rings. The van der Waals surface area contributed by atoms with Crippen molar-refractivity contribution >= 4 is 11.5 Å². The third-order valence-electron chi connectivity index (χ3n) is 2.12. The smallest absolute Gasteiger partial charge is 0.127 e. The highest BCUT2D eigenvalue weighted by Gasteiger charge is 1.95. The van der Waals surface area contributed by atoms with Crippen molar-refractivity contribution in [1.29, 1.82) is 0 Å². The molecular weight excluding hydrogens is 176 g/mol. The Hall–Kier alpha value is -1.29. The largest absolute Gasteiger partial charge is 0.399 e. The second kappa shape index (κ2) is 5.44. The first-order chi connectivity index (χ1) is 6.72. The van der Waals surface area contributed by atoms with Crippen LogP contribution in [-0.4, -0.2) is 36.6 Å². The molecule has 0 aliphatic heterocycles. The van der Waals surface area contributed by atoms with Gasteiger partial charge in [-0.15, -0.1) is 0 Å². The fraction of sp³-hybridized carbons (Fsp3) is 0.500. The minimum Gasteiger partial charge on any atom is -0.399 e. The monoisotopic (exact) mass is 194 g/mol. The third-order valence-corrected chi connectivity index (χ3v) is 2.12. The summed E-state index contributed by atoms with van der Waals surface area (Å²) in [5.74, 6) is 0.842. The van der Waals surface area contributed by atoms with E-state index in [2.05, 4.69) is 29.2 Å². The molecule has 1 aromatic heterocycles. The molecule has 78 valence electrons. The predicted octanol–water partition coefficient (Wildman–Crippen LogP) is 1.03. The molecule has 0 bridgehead atoms. The molecule has 1 rings (SSSR count). The van der Waals surface area contributed by atoms with Gasteiger partial charge in [0, 0.05) is 31.0 Å². The summed E-state index contributed by atoms with van der Waals surface area (Å²) < 4.78 is 0. The van der Waals surface area contributed by atoms with Crippen molar-refractivity contribution in [2.24, 2.45) is 0 Å². The Morgan fingerprint density at radius 2 is 2.36 bits per heavy atom. The van der Waals surface area contributed by atoms with Gasteiger partial charge in [0.2, 0.25) is 0 Å². The van der Waals surface area contributed by atoms with Crippen LogP contribution >= 0.6 is 0 Å². The third kappa shape index (κ3) is 3.62. The fourth-order valence-corrected chi connectivity index (χ4v) is 1.08. The molecule has 0 aliphatic carbocycles. The van der Waals surface area contributed by atoms with Crippen LogP contribution in [0.15, 0.2) is 18.3 Å². The van der Waals surface area contributed by atoms with Gasteiger partial charge in [-0.2, -0.15) is 0 Å². The van der Waals surface area contributed by atoms with Crippen molar-refractivity contribution in [3.63, 3.8) is 0 Å². The topological polar surface area (TPSA) is 54.2 Å². The Kier molecular flexibility index (Phi) is 4.19. The van der Waals surface area contributed by atoms with E-state index in [1.54, 1.807) is 12.3 Å². The molecule has 4 heteroatoms. The molecule has 1 aromatic rings. The van der Waals surface area contributed by atoms with Crippen molar-refractivity contribution in [3.8, 4) is 0 Å². The molecule has 0 saturated carbocycles. The van der Waals surface area contributed by atoms with Crippen LogP contribution in [0.2, 0.25) is 0 Å². The molecule has 4 nitrogen and oxygen atoms in total. The van der Waals surface area contributed by atoms with Crippen LogP contribution in [0, 0.1) is 0 Å². The number of nitrogens with two attached hydrogens (primary N) is 1. The first-order valence-corrected chi connectivity index (χ1v) is 4.86. The van der Waals surface area contributed by atoms with Crippen LogP contribution < -0.4 is 11.1 Å². The Balaban J connectivity index is 2.31. The Morgan fingerprint density at radius 1 is 1.57 bits per heavy atom. The van der Waals surface area contributed by atoms with Crippen molar-refractivity contribution in [2.45, 2.75) is 6.92 Å². The highest BCUT2D eigenvalue weighted by Crippen LogP contribution is 2.06. The minimum absolute atomic E-state index is 0.742. The second-order valence-corrected chi connectivity index (χ2v) is 3.30. The summed E-state index contributed by atoms with van der Waals surface area (Å²) in [7, 11) is 2.09.